The van der Waals surface area contributed by atoms with Crippen molar-refractivity contribution in [2.75, 3.05) is 53.1 Å². The number of fused-ring (bicyclic) bond motifs is 1. The number of rotatable bonds is 3. The number of hydrogen-bond donors (Lipinski definition) is 0. The van der Waals surface area contributed by atoms with Gasteiger partial charge in [0, 0.05) is 44.9 Å². The topological polar surface area (TPSA) is 51.2 Å². The lowest BCUT2D eigenvalue weighted by Crippen LogP contribution is -2.54. The van der Waals surface area contributed by atoms with Gasteiger partial charge in [0.05, 0.1) is 19.6 Å². The second kappa shape index (κ2) is 7.22. The van der Waals surface area contributed by atoms with Crippen LogP contribution in [-0.4, -0.2) is 74.9 Å². The lowest BCUT2D eigenvalue weighted by atomic mass is 9.95. The van der Waals surface area contributed by atoms with Crippen molar-refractivity contribution in [1.82, 2.24) is 9.80 Å². The van der Waals surface area contributed by atoms with Crippen molar-refractivity contribution >= 4 is 5.91 Å². The fraction of sp³-hybridized carbons (Fsp3) is 0.632. The van der Waals surface area contributed by atoms with Crippen LogP contribution in [0.25, 0.3) is 0 Å². The van der Waals surface area contributed by atoms with Crippen LogP contribution >= 0.6 is 0 Å². The Bertz CT molecular complexity index is 622. The summed E-state index contributed by atoms with van der Waals surface area (Å²) < 4.78 is 16.6. The zero-order valence-electron chi connectivity index (χ0n) is 14.8. The van der Waals surface area contributed by atoms with Crippen LogP contribution in [0.4, 0.5) is 0 Å². The smallest absolute Gasteiger partial charge is 0.229 e. The van der Waals surface area contributed by atoms with Crippen LogP contribution in [0.15, 0.2) is 18.2 Å². The van der Waals surface area contributed by atoms with Crippen LogP contribution in [0.3, 0.4) is 0 Å². The third-order valence-corrected chi connectivity index (χ3v) is 5.58. The minimum absolute atomic E-state index is 0.0812. The highest BCUT2D eigenvalue weighted by atomic mass is 16.5. The molecule has 0 saturated carbocycles. The molecule has 2 atom stereocenters. The Hall–Kier alpha value is -1.79. The van der Waals surface area contributed by atoms with E-state index in [2.05, 4.69) is 4.90 Å². The van der Waals surface area contributed by atoms with Crippen LogP contribution in [0, 0.1) is 5.92 Å². The maximum atomic E-state index is 12.9. The minimum atomic E-state index is -0.0812. The van der Waals surface area contributed by atoms with E-state index in [1.165, 1.54) is 0 Å². The number of nitrogens with zero attached hydrogens (tertiary/aromatic N) is 2. The first-order valence-electron chi connectivity index (χ1n) is 9.15. The van der Waals surface area contributed by atoms with Gasteiger partial charge in [-0.05, 0) is 24.5 Å². The van der Waals surface area contributed by atoms with Crippen molar-refractivity contribution in [2.45, 2.75) is 18.9 Å². The Morgan fingerprint density at radius 3 is 2.76 bits per heavy atom. The van der Waals surface area contributed by atoms with Gasteiger partial charge in [0.2, 0.25) is 5.91 Å². The maximum Gasteiger partial charge on any atom is 0.229 e. The number of methoxy groups -OCH3 is 1. The van der Waals surface area contributed by atoms with Gasteiger partial charge >= 0.3 is 0 Å². The van der Waals surface area contributed by atoms with Crippen molar-refractivity contribution in [1.29, 1.82) is 0 Å². The summed E-state index contributed by atoms with van der Waals surface area (Å²) in [6.45, 7) is 5.67. The van der Waals surface area contributed by atoms with Crippen LogP contribution in [0.2, 0.25) is 0 Å². The lowest BCUT2D eigenvalue weighted by molar-refractivity contribution is -0.139. The van der Waals surface area contributed by atoms with Crippen molar-refractivity contribution in [2.24, 2.45) is 5.92 Å². The number of ether oxygens (including phenoxy) is 3. The molecular weight excluding hydrogens is 320 g/mol. The molecule has 0 spiro atoms. The molecule has 0 bridgehead atoms. The molecule has 3 heterocycles. The van der Waals surface area contributed by atoms with Gasteiger partial charge in [0.25, 0.3) is 0 Å². The predicted molar refractivity (Wildman–Crippen MR) is 93.1 cm³/mol. The number of piperazine rings is 1. The molecule has 1 amide bonds. The summed E-state index contributed by atoms with van der Waals surface area (Å²) in [5.41, 5.74) is 1.09. The van der Waals surface area contributed by atoms with Gasteiger partial charge in [-0.15, -0.1) is 0 Å². The highest BCUT2D eigenvalue weighted by molar-refractivity contribution is 5.80. The summed E-state index contributed by atoms with van der Waals surface area (Å²) >= 11 is 0. The van der Waals surface area contributed by atoms with E-state index in [1.807, 2.05) is 23.1 Å². The molecule has 6 heteroatoms. The number of carbonyl (C=O) groups is 1. The molecule has 0 N–H and O–H groups in total. The Balaban J connectivity index is 1.34. The number of benzene rings is 1. The number of amides is 1. The van der Waals surface area contributed by atoms with Gasteiger partial charge < -0.3 is 19.1 Å². The second-order valence-electron chi connectivity index (χ2n) is 7.06. The van der Waals surface area contributed by atoms with Crippen molar-refractivity contribution < 1.29 is 19.0 Å². The van der Waals surface area contributed by atoms with Gasteiger partial charge in [0.15, 0.2) is 0 Å². The molecule has 0 aliphatic carbocycles. The fourth-order valence-corrected chi connectivity index (χ4v) is 4.01. The Labute approximate surface area is 148 Å². The standard InChI is InChI=1S/C19H26N2O4/c1-23-17-3-2-14-10-15(12-25-18(14)11-17)19(22)21-7-5-20(6-8-21)16-4-9-24-13-16/h2-3,11,15-16H,4-10,12-13H2,1H3/t15-,16+/m1/s1. The van der Waals surface area contributed by atoms with Gasteiger partial charge in [-0.2, -0.15) is 0 Å². The van der Waals surface area contributed by atoms with Crippen molar-refractivity contribution in [3.05, 3.63) is 23.8 Å². The van der Waals surface area contributed by atoms with Crippen LogP contribution in [0.1, 0.15) is 12.0 Å². The zero-order chi connectivity index (χ0) is 17.2. The van der Waals surface area contributed by atoms with Crippen LogP contribution in [0.5, 0.6) is 11.5 Å². The predicted octanol–water partition coefficient (Wildman–Crippen LogP) is 1.18. The largest absolute Gasteiger partial charge is 0.497 e. The zero-order valence-corrected chi connectivity index (χ0v) is 14.8. The molecule has 0 aromatic heterocycles. The Kier molecular flexibility index (Phi) is 4.81. The Morgan fingerprint density at radius 2 is 2.04 bits per heavy atom. The van der Waals surface area contributed by atoms with E-state index in [1.54, 1.807) is 7.11 Å². The summed E-state index contributed by atoms with van der Waals surface area (Å²) in [4.78, 5) is 17.4. The average Bonchev–Trinajstić information content (AvgIpc) is 3.21. The maximum absolute atomic E-state index is 12.9. The third kappa shape index (κ3) is 3.46. The SMILES string of the molecule is COc1ccc2c(c1)OC[C@H](C(=O)N1CCN([C@H]3CCOC3)CC1)C2. The van der Waals surface area contributed by atoms with E-state index in [0.29, 0.717) is 12.6 Å². The molecule has 1 aromatic carbocycles. The molecule has 4 rings (SSSR count). The summed E-state index contributed by atoms with van der Waals surface area (Å²) in [5, 5.41) is 0. The molecule has 3 aliphatic rings. The van der Waals surface area contributed by atoms with Crippen molar-refractivity contribution in [3.63, 3.8) is 0 Å². The summed E-state index contributed by atoms with van der Waals surface area (Å²) in [5.74, 6) is 1.77. The molecule has 136 valence electrons. The van der Waals surface area contributed by atoms with Gasteiger partial charge in [-0.3, -0.25) is 9.69 Å². The van der Waals surface area contributed by atoms with E-state index >= 15 is 0 Å². The first-order chi connectivity index (χ1) is 12.2. The molecular formula is C19H26N2O4. The van der Waals surface area contributed by atoms with E-state index in [0.717, 1.165) is 69.3 Å². The molecule has 1 aromatic rings. The molecule has 2 fully saturated rings. The highest BCUT2D eigenvalue weighted by Gasteiger charge is 2.33. The number of carbonyl (C=O) groups excluding carboxylic acids is 1. The molecule has 0 unspecified atom stereocenters. The molecule has 0 radical (unpaired) electrons. The molecule has 6 nitrogen and oxygen atoms in total. The second-order valence-corrected chi connectivity index (χ2v) is 7.06. The summed E-state index contributed by atoms with van der Waals surface area (Å²) in [6.07, 6.45) is 1.86. The first-order valence-corrected chi connectivity index (χ1v) is 9.15. The molecule has 25 heavy (non-hydrogen) atoms. The van der Waals surface area contributed by atoms with Gasteiger partial charge in [-0.25, -0.2) is 0 Å². The molecule has 3 aliphatic heterocycles. The normalized spacial score (nSPS) is 26.8. The Morgan fingerprint density at radius 1 is 1.20 bits per heavy atom. The van der Waals surface area contributed by atoms with E-state index in [4.69, 9.17) is 14.2 Å². The summed E-state index contributed by atoms with van der Waals surface area (Å²) in [7, 11) is 1.65. The van der Waals surface area contributed by atoms with Gasteiger partial charge in [0.1, 0.15) is 18.1 Å². The third-order valence-electron chi connectivity index (χ3n) is 5.58. The monoisotopic (exact) mass is 346 g/mol. The quantitative estimate of drug-likeness (QED) is 0.823. The van der Waals surface area contributed by atoms with Crippen molar-refractivity contribution in [3.8, 4) is 11.5 Å². The fourth-order valence-electron chi connectivity index (χ4n) is 4.01. The minimum Gasteiger partial charge on any atom is -0.497 e. The first kappa shape index (κ1) is 16.7. The van der Waals surface area contributed by atoms with E-state index in [-0.39, 0.29) is 11.8 Å². The highest BCUT2D eigenvalue weighted by Crippen LogP contribution is 2.31. The lowest BCUT2D eigenvalue weighted by Gasteiger charge is -2.39. The number of hydrogen-bond acceptors (Lipinski definition) is 5. The molecule has 2 saturated heterocycles. The van der Waals surface area contributed by atoms with E-state index < -0.39 is 0 Å². The van der Waals surface area contributed by atoms with Crippen LogP contribution in [-0.2, 0) is 16.0 Å². The summed E-state index contributed by atoms with van der Waals surface area (Å²) in [6, 6.07) is 6.37. The van der Waals surface area contributed by atoms with E-state index in [9.17, 15) is 4.79 Å². The van der Waals surface area contributed by atoms with Gasteiger partial charge in [-0.1, -0.05) is 6.07 Å². The van der Waals surface area contributed by atoms with Crippen LogP contribution < -0.4 is 9.47 Å². The average molecular weight is 346 g/mol.